The maximum atomic E-state index is 10.9. The Kier molecular flexibility index (Phi) is 3.52. The van der Waals surface area contributed by atoms with Crippen molar-refractivity contribution >= 4 is 29.1 Å². The van der Waals surface area contributed by atoms with E-state index in [1.54, 1.807) is 24.3 Å². The largest absolute Gasteiger partial charge is 0.477 e. The molecule has 1 amide bonds. The van der Waals surface area contributed by atoms with Crippen LogP contribution in [0.5, 0.6) is 0 Å². The van der Waals surface area contributed by atoms with Gasteiger partial charge in [-0.25, -0.2) is 9.78 Å². The molecule has 20 heavy (non-hydrogen) atoms. The lowest BCUT2D eigenvalue weighted by atomic mass is 10.2. The van der Waals surface area contributed by atoms with Crippen LogP contribution in [0.3, 0.4) is 0 Å². The van der Waals surface area contributed by atoms with Gasteiger partial charge in [0, 0.05) is 11.3 Å². The zero-order chi connectivity index (χ0) is 14.7. The number of primary amides is 1. The molecule has 7 heteroatoms. The first-order valence-electron chi connectivity index (χ1n) is 5.64. The second-order valence-corrected chi connectivity index (χ2v) is 4.01. The van der Waals surface area contributed by atoms with Crippen LogP contribution in [0.25, 0.3) is 0 Å². The Balaban J connectivity index is 2.27. The van der Waals surface area contributed by atoms with Gasteiger partial charge in [-0.2, -0.15) is 0 Å². The van der Waals surface area contributed by atoms with E-state index in [-0.39, 0.29) is 11.5 Å². The number of pyridine rings is 1. The number of hydrogen-bond acceptors (Lipinski definition) is 5. The van der Waals surface area contributed by atoms with E-state index in [0.717, 1.165) is 0 Å². The zero-order valence-electron chi connectivity index (χ0n) is 10.3. The number of rotatable bonds is 4. The van der Waals surface area contributed by atoms with Crippen LogP contribution >= 0.6 is 0 Å². The molecule has 0 atom stereocenters. The summed E-state index contributed by atoms with van der Waals surface area (Å²) in [5.74, 6) is -1.43. The molecular formula is C13H12N4O3. The fraction of sp³-hybridized carbons (Fsp3) is 0. The van der Waals surface area contributed by atoms with E-state index in [1.165, 1.54) is 12.1 Å². The molecule has 0 aliphatic heterocycles. The van der Waals surface area contributed by atoms with Gasteiger partial charge in [-0.1, -0.05) is 0 Å². The first kappa shape index (κ1) is 13.3. The van der Waals surface area contributed by atoms with E-state index in [2.05, 4.69) is 10.3 Å². The van der Waals surface area contributed by atoms with Crippen LogP contribution < -0.4 is 16.8 Å². The molecule has 0 unspecified atom stereocenters. The van der Waals surface area contributed by atoms with Crippen molar-refractivity contribution in [3.8, 4) is 0 Å². The molecule has 0 saturated carbocycles. The van der Waals surface area contributed by atoms with Crippen molar-refractivity contribution in [1.29, 1.82) is 0 Å². The van der Waals surface area contributed by atoms with Crippen LogP contribution in [0.4, 0.5) is 17.2 Å². The third-order valence-electron chi connectivity index (χ3n) is 2.58. The highest BCUT2D eigenvalue weighted by Gasteiger charge is 2.09. The normalized spacial score (nSPS) is 10.0. The number of nitrogens with one attached hydrogen (secondary N) is 1. The van der Waals surface area contributed by atoms with Crippen LogP contribution in [0.15, 0.2) is 36.4 Å². The summed E-state index contributed by atoms with van der Waals surface area (Å²) in [6, 6.07) is 9.10. The van der Waals surface area contributed by atoms with Gasteiger partial charge in [0.05, 0.1) is 5.69 Å². The lowest BCUT2D eigenvalue weighted by Crippen LogP contribution is -2.10. The Morgan fingerprint density at radius 3 is 2.30 bits per heavy atom. The fourth-order valence-corrected chi connectivity index (χ4v) is 1.54. The van der Waals surface area contributed by atoms with Crippen LogP contribution in [0.2, 0.25) is 0 Å². The van der Waals surface area contributed by atoms with E-state index in [9.17, 15) is 9.59 Å². The number of amides is 1. The van der Waals surface area contributed by atoms with Crippen molar-refractivity contribution in [2.75, 3.05) is 11.1 Å². The number of aromatic carboxylic acids is 1. The predicted molar refractivity (Wildman–Crippen MR) is 73.9 cm³/mol. The number of hydrogen-bond donors (Lipinski definition) is 4. The molecule has 102 valence electrons. The second-order valence-electron chi connectivity index (χ2n) is 4.01. The highest BCUT2D eigenvalue weighted by atomic mass is 16.4. The SMILES string of the molecule is NC(=O)c1ccc(Nc2nc(C(=O)O)ccc2N)cc1. The third-order valence-corrected chi connectivity index (χ3v) is 2.58. The molecule has 6 N–H and O–H groups in total. The smallest absolute Gasteiger partial charge is 0.354 e. The molecule has 0 radical (unpaired) electrons. The van der Waals surface area contributed by atoms with E-state index in [0.29, 0.717) is 16.9 Å². The molecule has 0 aliphatic rings. The number of carbonyl (C=O) groups is 2. The number of anilines is 3. The van der Waals surface area contributed by atoms with Gasteiger partial charge in [0.1, 0.15) is 0 Å². The Labute approximate surface area is 114 Å². The summed E-state index contributed by atoms with van der Waals surface area (Å²) in [7, 11) is 0. The Morgan fingerprint density at radius 2 is 1.75 bits per heavy atom. The van der Waals surface area contributed by atoms with Gasteiger partial charge < -0.3 is 21.9 Å². The quantitative estimate of drug-likeness (QED) is 0.661. The average molecular weight is 272 g/mol. The van der Waals surface area contributed by atoms with E-state index in [1.807, 2.05) is 0 Å². The zero-order valence-corrected chi connectivity index (χ0v) is 10.3. The summed E-state index contributed by atoms with van der Waals surface area (Å²) in [6.07, 6.45) is 0. The Bertz CT molecular complexity index is 668. The monoisotopic (exact) mass is 272 g/mol. The van der Waals surface area contributed by atoms with Gasteiger partial charge in [0.25, 0.3) is 0 Å². The molecule has 0 saturated heterocycles. The predicted octanol–water partition coefficient (Wildman–Crippen LogP) is 1.20. The Morgan fingerprint density at radius 1 is 1.10 bits per heavy atom. The number of nitrogen functional groups attached to an aromatic ring is 1. The molecule has 2 aromatic rings. The molecule has 0 spiro atoms. The summed E-state index contributed by atoms with van der Waals surface area (Å²) in [5.41, 5.74) is 12.0. The van der Waals surface area contributed by atoms with Crippen molar-refractivity contribution in [2.45, 2.75) is 0 Å². The van der Waals surface area contributed by atoms with Gasteiger partial charge in [0.2, 0.25) is 5.91 Å². The standard InChI is InChI=1S/C13H12N4O3/c14-9-5-6-10(13(19)20)17-12(9)16-8-3-1-7(2-4-8)11(15)18/h1-6H,14H2,(H2,15,18)(H,16,17)(H,19,20). The van der Waals surface area contributed by atoms with Crippen molar-refractivity contribution in [2.24, 2.45) is 5.73 Å². The summed E-state index contributed by atoms with van der Waals surface area (Å²) in [6.45, 7) is 0. The number of carboxylic acid groups (broad SMARTS) is 1. The van der Waals surface area contributed by atoms with Crippen molar-refractivity contribution < 1.29 is 14.7 Å². The first-order chi connectivity index (χ1) is 9.47. The maximum absolute atomic E-state index is 10.9. The molecule has 1 aromatic carbocycles. The minimum Gasteiger partial charge on any atom is -0.477 e. The summed E-state index contributed by atoms with van der Waals surface area (Å²) >= 11 is 0. The molecule has 0 aliphatic carbocycles. The number of benzene rings is 1. The van der Waals surface area contributed by atoms with Gasteiger partial charge in [-0.3, -0.25) is 4.79 Å². The lowest BCUT2D eigenvalue weighted by Gasteiger charge is -2.09. The molecule has 0 bridgehead atoms. The fourth-order valence-electron chi connectivity index (χ4n) is 1.54. The van der Waals surface area contributed by atoms with Crippen LogP contribution in [-0.2, 0) is 0 Å². The first-order valence-corrected chi connectivity index (χ1v) is 5.64. The van der Waals surface area contributed by atoms with E-state index < -0.39 is 11.9 Å². The third kappa shape index (κ3) is 2.83. The van der Waals surface area contributed by atoms with Gasteiger partial charge in [-0.15, -0.1) is 0 Å². The molecule has 2 rings (SSSR count). The number of aromatic nitrogens is 1. The molecule has 1 aromatic heterocycles. The van der Waals surface area contributed by atoms with Crippen molar-refractivity contribution in [1.82, 2.24) is 4.98 Å². The summed E-state index contributed by atoms with van der Waals surface area (Å²) in [4.78, 5) is 25.7. The number of nitrogens with zero attached hydrogens (tertiary/aromatic N) is 1. The summed E-state index contributed by atoms with van der Waals surface area (Å²) in [5, 5.41) is 11.8. The number of carbonyl (C=O) groups excluding carboxylic acids is 1. The van der Waals surface area contributed by atoms with Crippen LogP contribution in [0.1, 0.15) is 20.8 Å². The number of nitrogens with two attached hydrogens (primary N) is 2. The van der Waals surface area contributed by atoms with Crippen molar-refractivity contribution in [3.63, 3.8) is 0 Å². The van der Waals surface area contributed by atoms with Crippen LogP contribution in [0, 0.1) is 0 Å². The summed E-state index contributed by atoms with van der Waals surface area (Å²) < 4.78 is 0. The Hall–Kier alpha value is -3.09. The van der Waals surface area contributed by atoms with Crippen molar-refractivity contribution in [3.05, 3.63) is 47.7 Å². The number of carboxylic acids is 1. The minimum absolute atomic E-state index is 0.115. The highest BCUT2D eigenvalue weighted by molar-refractivity contribution is 5.93. The molecule has 1 heterocycles. The average Bonchev–Trinajstić information content (AvgIpc) is 2.41. The molecule has 0 fully saturated rings. The van der Waals surface area contributed by atoms with E-state index >= 15 is 0 Å². The maximum Gasteiger partial charge on any atom is 0.354 e. The van der Waals surface area contributed by atoms with Crippen LogP contribution in [-0.4, -0.2) is 22.0 Å². The van der Waals surface area contributed by atoms with Gasteiger partial charge in [0.15, 0.2) is 11.5 Å². The second kappa shape index (κ2) is 5.27. The molecular weight excluding hydrogens is 260 g/mol. The topological polar surface area (TPSA) is 131 Å². The van der Waals surface area contributed by atoms with E-state index in [4.69, 9.17) is 16.6 Å². The molecule has 7 nitrogen and oxygen atoms in total. The van der Waals surface area contributed by atoms with Gasteiger partial charge >= 0.3 is 5.97 Å². The van der Waals surface area contributed by atoms with Gasteiger partial charge in [-0.05, 0) is 36.4 Å². The highest BCUT2D eigenvalue weighted by Crippen LogP contribution is 2.21. The lowest BCUT2D eigenvalue weighted by molar-refractivity contribution is 0.0690. The minimum atomic E-state index is -1.14.